The van der Waals surface area contributed by atoms with Gasteiger partial charge < -0.3 is 5.73 Å². The second-order valence-electron chi connectivity index (χ2n) is 3.70. The predicted molar refractivity (Wildman–Crippen MR) is 67.3 cm³/mol. The number of anilines is 1. The molecule has 2 aromatic rings. The topological polar surface area (TPSA) is 26.0 Å². The number of rotatable bonds is 2. The summed E-state index contributed by atoms with van der Waals surface area (Å²) in [4.78, 5) is 0.777. The van der Waals surface area contributed by atoms with Crippen molar-refractivity contribution >= 4 is 18.3 Å². The van der Waals surface area contributed by atoms with Gasteiger partial charge in [0.15, 0.2) is 0 Å². The SMILES string of the molecule is Nc1ccc(Cc2ccc(F)cc2)cc1S. The molecule has 0 unspecified atom stereocenters. The van der Waals surface area contributed by atoms with Crippen molar-refractivity contribution in [3.05, 3.63) is 59.4 Å². The first kappa shape index (κ1) is 11.0. The molecule has 16 heavy (non-hydrogen) atoms. The van der Waals surface area contributed by atoms with Crippen LogP contribution in [0.25, 0.3) is 0 Å². The standard InChI is InChI=1S/C13H12FNS/c14-11-4-1-9(2-5-11)7-10-3-6-12(15)13(16)8-10/h1-6,8,16H,7,15H2. The van der Waals surface area contributed by atoms with Crippen molar-refractivity contribution in [3.63, 3.8) is 0 Å². The van der Waals surface area contributed by atoms with Crippen molar-refractivity contribution in [2.24, 2.45) is 0 Å². The molecule has 0 fully saturated rings. The van der Waals surface area contributed by atoms with Gasteiger partial charge in [-0.3, -0.25) is 0 Å². The van der Waals surface area contributed by atoms with Gasteiger partial charge in [0, 0.05) is 10.6 Å². The minimum absolute atomic E-state index is 0.212. The van der Waals surface area contributed by atoms with Gasteiger partial charge in [0.05, 0.1) is 0 Å². The average Bonchev–Trinajstić information content (AvgIpc) is 2.27. The summed E-state index contributed by atoms with van der Waals surface area (Å²) in [5.74, 6) is -0.212. The Hall–Kier alpha value is -1.48. The number of hydrogen-bond donors (Lipinski definition) is 2. The Morgan fingerprint density at radius 3 is 2.25 bits per heavy atom. The summed E-state index contributed by atoms with van der Waals surface area (Å²) in [7, 11) is 0. The van der Waals surface area contributed by atoms with Gasteiger partial charge >= 0.3 is 0 Å². The average molecular weight is 233 g/mol. The first-order valence-electron chi connectivity index (χ1n) is 4.97. The Bertz CT molecular complexity index is 494. The fourth-order valence-electron chi connectivity index (χ4n) is 1.54. The number of halogens is 1. The number of thiol groups is 1. The first-order valence-corrected chi connectivity index (χ1v) is 5.41. The third-order valence-corrected chi connectivity index (χ3v) is 2.80. The molecule has 0 aliphatic carbocycles. The molecule has 2 N–H and O–H groups in total. The molecule has 0 atom stereocenters. The van der Waals surface area contributed by atoms with E-state index in [9.17, 15) is 4.39 Å². The van der Waals surface area contributed by atoms with E-state index in [0.29, 0.717) is 5.69 Å². The van der Waals surface area contributed by atoms with E-state index in [1.165, 1.54) is 12.1 Å². The Morgan fingerprint density at radius 2 is 1.62 bits per heavy atom. The molecular weight excluding hydrogens is 221 g/mol. The third kappa shape index (κ3) is 2.55. The van der Waals surface area contributed by atoms with Crippen molar-refractivity contribution in [2.45, 2.75) is 11.3 Å². The molecule has 2 aromatic carbocycles. The van der Waals surface area contributed by atoms with Gasteiger partial charge in [0.2, 0.25) is 0 Å². The number of nitrogens with two attached hydrogens (primary N) is 1. The van der Waals surface area contributed by atoms with Crippen LogP contribution < -0.4 is 5.73 Å². The Morgan fingerprint density at radius 1 is 1.00 bits per heavy atom. The van der Waals surface area contributed by atoms with Crippen LogP contribution in [-0.2, 0) is 6.42 Å². The molecule has 0 saturated heterocycles. The molecule has 0 saturated carbocycles. The van der Waals surface area contributed by atoms with Crippen LogP contribution in [0.4, 0.5) is 10.1 Å². The molecule has 1 nitrogen and oxygen atoms in total. The molecule has 0 heterocycles. The van der Waals surface area contributed by atoms with E-state index in [0.717, 1.165) is 22.4 Å². The molecule has 0 aliphatic rings. The summed E-state index contributed by atoms with van der Waals surface area (Å²) in [6, 6.07) is 12.2. The van der Waals surface area contributed by atoms with E-state index < -0.39 is 0 Å². The van der Waals surface area contributed by atoms with Gasteiger partial charge in [-0.15, -0.1) is 12.6 Å². The Labute approximate surface area is 99.5 Å². The lowest BCUT2D eigenvalue weighted by Gasteiger charge is -2.04. The smallest absolute Gasteiger partial charge is 0.123 e. The van der Waals surface area contributed by atoms with Crippen molar-refractivity contribution < 1.29 is 4.39 Å². The van der Waals surface area contributed by atoms with Gasteiger partial charge in [0.1, 0.15) is 5.82 Å². The molecule has 82 valence electrons. The first-order chi connectivity index (χ1) is 7.65. The number of benzene rings is 2. The normalized spacial score (nSPS) is 10.4. The molecule has 0 aliphatic heterocycles. The molecule has 0 radical (unpaired) electrons. The maximum atomic E-state index is 12.7. The Kier molecular flexibility index (Phi) is 3.15. The zero-order valence-corrected chi connectivity index (χ0v) is 9.55. The van der Waals surface area contributed by atoms with Crippen molar-refractivity contribution in [3.8, 4) is 0 Å². The maximum absolute atomic E-state index is 12.7. The largest absolute Gasteiger partial charge is 0.398 e. The fraction of sp³-hybridized carbons (Fsp3) is 0.0769. The summed E-state index contributed by atoms with van der Waals surface area (Å²) < 4.78 is 12.7. The second-order valence-corrected chi connectivity index (χ2v) is 4.18. The van der Waals surface area contributed by atoms with Crippen LogP contribution in [0.3, 0.4) is 0 Å². The van der Waals surface area contributed by atoms with Crippen molar-refractivity contribution in [1.29, 1.82) is 0 Å². The maximum Gasteiger partial charge on any atom is 0.123 e. The summed E-state index contributed by atoms with van der Waals surface area (Å²) in [6.07, 6.45) is 0.758. The molecule has 2 rings (SSSR count). The highest BCUT2D eigenvalue weighted by molar-refractivity contribution is 7.80. The van der Waals surface area contributed by atoms with E-state index in [1.807, 2.05) is 18.2 Å². The summed E-state index contributed by atoms with van der Waals surface area (Å²) in [5.41, 5.74) is 8.53. The van der Waals surface area contributed by atoms with Crippen LogP contribution in [0.15, 0.2) is 47.4 Å². The van der Waals surface area contributed by atoms with Crippen LogP contribution in [0.5, 0.6) is 0 Å². The quantitative estimate of drug-likeness (QED) is 0.604. The number of hydrogen-bond acceptors (Lipinski definition) is 2. The minimum atomic E-state index is -0.212. The van der Waals surface area contributed by atoms with Gasteiger partial charge in [-0.2, -0.15) is 0 Å². The van der Waals surface area contributed by atoms with E-state index in [-0.39, 0.29) is 5.82 Å². The highest BCUT2D eigenvalue weighted by Gasteiger charge is 1.99. The van der Waals surface area contributed by atoms with E-state index >= 15 is 0 Å². The zero-order valence-electron chi connectivity index (χ0n) is 8.65. The minimum Gasteiger partial charge on any atom is -0.398 e. The van der Waals surface area contributed by atoms with Crippen molar-refractivity contribution in [1.82, 2.24) is 0 Å². The molecular formula is C13H12FNS. The molecule has 0 aromatic heterocycles. The van der Waals surface area contributed by atoms with E-state index in [1.54, 1.807) is 12.1 Å². The van der Waals surface area contributed by atoms with Crippen molar-refractivity contribution in [2.75, 3.05) is 5.73 Å². The van der Waals surface area contributed by atoms with Gasteiger partial charge in [-0.1, -0.05) is 18.2 Å². The lowest BCUT2D eigenvalue weighted by molar-refractivity contribution is 0.627. The number of nitrogen functional groups attached to an aromatic ring is 1. The summed E-state index contributed by atoms with van der Waals surface area (Å²) in [6.45, 7) is 0. The van der Waals surface area contributed by atoms with Crippen LogP contribution in [0, 0.1) is 5.82 Å². The monoisotopic (exact) mass is 233 g/mol. The molecule has 3 heteroatoms. The van der Waals surface area contributed by atoms with E-state index in [4.69, 9.17) is 5.73 Å². The van der Waals surface area contributed by atoms with Crippen LogP contribution >= 0.6 is 12.6 Å². The fourth-order valence-corrected chi connectivity index (χ4v) is 1.78. The zero-order chi connectivity index (χ0) is 11.5. The second kappa shape index (κ2) is 4.58. The Balaban J connectivity index is 2.20. The van der Waals surface area contributed by atoms with Gasteiger partial charge in [-0.25, -0.2) is 4.39 Å². The molecule has 0 spiro atoms. The van der Waals surface area contributed by atoms with Crippen LogP contribution in [0.2, 0.25) is 0 Å². The highest BCUT2D eigenvalue weighted by atomic mass is 32.1. The lowest BCUT2D eigenvalue weighted by Crippen LogP contribution is -1.92. The summed E-state index contributed by atoms with van der Waals surface area (Å²) in [5, 5.41) is 0. The van der Waals surface area contributed by atoms with Crippen LogP contribution in [-0.4, -0.2) is 0 Å². The lowest BCUT2D eigenvalue weighted by atomic mass is 10.0. The molecule has 0 bridgehead atoms. The predicted octanol–water partition coefficient (Wildman–Crippen LogP) is 3.29. The third-order valence-electron chi connectivity index (χ3n) is 2.42. The molecule has 0 amide bonds. The van der Waals surface area contributed by atoms with Crippen LogP contribution in [0.1, 0.15) is 11.1 Å². The van der Waals surface area contributed by atoms with Gasteiger partial charge in [0.25, 0.3) is 0 Å². The van der Waals surface area contributed by atoms with Gasteiger partial charge in [-0.05, 0) is 41.8 Å². The summed E-state index contributed by atoms with van der Waals surface area (Å²) >= 11 is 4.27. The van der Waals surface area contributed by atoms with E-state index in [2.05, 4.69) is 12.6 Å². The highest BCUT2D eigenvalue weighted by Crippen LogP contribution is 2.19.